The molecule has 6 heteroatoms. The van der Waals surface area contributed by atoms with E-state index >= 15 is 0 Å². The Bertz CT molecular complexity index is 292. The molecule has 1 nitrogen and oxygen atoms in total. The van der Waals surface area contributed by atoms with Crippen molar-refractivity contribution < 1.29 is 4.74 Å². The van der Waals surface area contributed by atoms with Gasteiger partial charge in [0, 0.05) is 0 Å². The minimum absolute atomic E-state index is 0.389. The molecule has 0 spiro atoms. The fourth-order valence-corrected chi connectivity index (χ4v) is 0.939. The van der Waals surface area contributed by atoms with Crippen molar-refractivity contribution in [3.05, 3.63) is 30.3 Å². The maximum absolute atomic E-state index is 5.68. The van der Waals surface area contributed by atoms with Gasteiger partial charge in [0.1, 0.15) is 5.75 Å². The first kappa shape index (κ1) is 12.5. The summed E-state index contributed by atoms with van der Waals surface area (Å²) in [5, 5.41) is 0. The summed E-state index contributed by atoms with van der Waals surface area (Å²) < 4.78 is 1.21. The molecule has 1 aromatic rings. The van der Waals surface area contributed by atoms with E-state index in [2.05, 4.69) is 6.07 Å². The van der Waals surface area contributed by atoms with Crippen LogP contribution in [-0.2, 0) is 0 Å². The third-order valence-electron chi connectivity index (χ3n) is 1.26. The second kappa shape index (κ2) is 4.54. The number of hydrogen-bond acceptors (Lipinski definition) is 1. The summed E-state index contributed by atoms with van der Waals surface area (Å²) in [6.45, 7) is 0. The average molecular weight is 293 g/mol. The second-order valence-corrected chi connectivity index (χ2v) is 5.89. The van der Waals surface area contributed by atoms with E-state index in [1.165, 1.54) is 0 Å². The minimum atomic E-state index is -1.93. The molecule has 0 saturated carbocycles. The quantitative estimate of drug-likeness (QED) is 0.736. The number of ether oxygens (including phenoxy) is 1. The SMILES string of the molecule is ClC(Cl)(Cl)C(Cl)(Cl)Oc1cc[c]cc1. The highest BCUT2D eigenvalue weighted by Crippen LogP contribution is 2.46. The Labute approximate surface area is 107 Å². The molecule has 0 aliphatic heterocycles. The summed E-state index contributed by atoms with van der Waals surface area (Å²) in [6.07, 6.45) is 0. The van der Waals surface area contributed by atoms with Crippen molar-refractivity contribution in [2.24, 2.45) is 0 Å². The lowest BCUT2D eigenvalue weighted by Crippen LogP contribution is -2.37. The van der Waals surface area contributed by atoms with Crippen molar-refractivity contribution in [1.29, 1.82) is 0 Å². The Balaban J connectivity index is 2.79. The van der Waals surface area contributed by atoms with Crippen LogP contribution in [0.1, 0.15) is 0 Å². The molecule has 0 aliphatic carbocycles. The summed E-state index contributed by atoms with van der Waals surface area (Å²) in [5.74, 6) is 0.389. The highest BCUT2D eigenvalue weighted by atomic mass is 35.6. The molecule has 0 saturated heterocycles. The number of benzene rings is 1. The molecular weight excluding hydrogens is 289 g/mol. The van der Waals surface area contributed by atoms with Crippen molar-refractivity contribution in [2.75, 3.05) is 0 Å². The van der Waals surface area contributed by atoms with Crippen LogP contribution in [0, 0.1) is 6.07 Å². The molecule has 77 valence electrons. The first-order valence-corrected chi connectivity index (χ1v) is 5.31. The molecule has 1 radical (unpaired) electrons. The summed E-state index contributed by atoms with van der Waals surface area (Å²) in [5.41, 5.74) is 0. The number of alkyl halides is 5. The van der Waals surface area contributed by atoms with Crippen molar-refractivity contribution in [1.82, 2.24) is 0 Å². The van der Waals surface area contributed by atoms with Crippen molar-refractivity contribution in [2.45, 2.75) is 8.31 Å². The molecule has 14 heavy (non-hydrogen) atoms. The van der Waals surface area contributed by atoms with E-state index < -0.39 is 8.31 Å². The van der Waals surface area contributed by atoms with Gasteiger partial charge in [-0.3, -0.25) is 0 Å². The van der Waals surface area contributed by atoms with Gasteiger partial charge in [-0.15, -0.1) is 0 Å². The van der Waals surface area contributed by atoms with Crippen molar-refractivity contribution in [3.8, 4) is 5.75 Å². The Kier molecular flexibility index (Phi) is 4.07. The number of halogens is 5. The van der Waals surface area contributed by atoms with Gasteiger partial charge in [-0.25, -0.2) is 0 Å². The highest BCUT2D eigenvalue weighted by Gasteiger charge is 2.48. The maximum atomic E-state index is 5.68. The monoisotopic (exact) mass is 291 g/mol. The fourth-order valence-electron chi connectivity index (χ4n) is 0.646. The molecule has 0 amide bonds. The van der Waals surface area contributed by atoms with Crippen LogP contribution in [0.25, 0.3) is 0 Å². The van der Waals surface area contributed by atoms with Crippen LogP contribution in [0.5, 0.6) is 5.75 Å². The lowest BCUT2D eigenvalue weighted by atomic mass is 10.3. The topological polar surface area (TPSA) is 9.23 Å². The van der Waals surface area contributed by atoms with Crippen molar-refractivity contribution >= 4 is 58.0 Å². The third-order valence-corrected chi connectivity index (χ3v) is 3.36. The van der Waals surface area contributed by atoms with Crippen LogP contribution in [0.3, 0.4) is 0 Å². The van der Waals surface area contributed by atoms with Gasteiger partial charge in [-0.2, -0.15) is 0 Å². The van der Waals surface area contributed by atoms with Gasteiger partial charge in [-0.05, 0) is 18.2 Å². The predicted molar refractivity (Wildman–Crippen MR) is 60.6 cm³/mol. The van der Waals surface area contributed by atoms with E-state index in [1.807, 2.05) is 0 Å². The van der Waals surface area contributed by atoms with E-state index in [-0.39, 0.29) is 0 Å². The third kappa shape index (κ3) is 3.25. The average Bonchev–Trinajstić information content (AvgIpc) is 2.03. The Hall–Kier alpha value is 0.470. The molecule has 0 N–H and O–H groups in total. The zero-order chi connectivity index (χ0) is 10.8. The van der Waals surface area contributed by atoms with Crippen LogP contribution < -0.4 is 4.74 Å². The van der Waals surface area contributed by atoms with Gasteiger partial charge in [0.15, 0.2) is 0 Å². The smallest absolute Gasteiger partial charge is 0.305 e. The van der Waals surface area contributed by atoms with E-state index in [9.17, 15) is 0 Å². The van der Waals surface area contributed by atoms with Crippen LogP contribution in [0.15, 0.2) is 24.3 Å². The summed E-state index contributed by atoms with van der Waals surface area (Å²) in [4.78, 5) is 0. The lowest BCUT2D eigenvalue weighted by Gasteiger charge is -2.27. The first-order valence-electron chi connectivity index (χ1n) is 3.42. The molecule has 0 aromatic heterocycles. The molecule has 0 bridgehead atoms. The molecule has 1 rings (SSSR count). The predicted octanol–water partition coefficient (Wildman–Crippen LogP) is 4.37. The maximum Gasteiger partial charge on any atom is 0.305 e. The number of rotatable bonds is 2. The van der Waals surface area contributed by atoms with Crippen LogP contribution in [-0.4, -0.2) is 8.31 Å². The molecular formula is C8H4Cl5O. The van der Waals surface area contributed by atoms with Crippen LogP contribution in [0.4, 0.5) is 0 Å². The van der Waals surface area contributed by atoms with Gasteiger partial charge in [-0.1, -0.05) is 70.1 Å². The van der Waals surface area contributed by atoms with Gasteiger partial charge in [0.25, 0.3) is 3.79 Å². The zero-order valence-corrected chi connectivity index (χ0v) is 10.4. The fraction of sp³-hybridized carbons (Fsp3) is 0.250. The normalized spacial score (nSPS) is 12.6. The van der Waals surface area contributed by atoms with Gasteiger partial charge in [0.2, 0.25) is 0 Å². The first-order chi connectivity index (χ1) is 6.33. The van der Waals surface area contributed by atoms with Gasteiger partial charge < -0.3 is 4.74 Å². The van der Waals surface area contributed by atoms with Gasteiger partial charge >= 0.3 is 4.52 Å². The van der Waals surface area contributed by atoms with Crippen LogP contribution >= 0.6 is 58.0 Å². The van der Waals surface area contributed by atoms with E-state index in [1.54, 1.807) is 24.3 Å². The lowest BCUT2D eigenvalue weighted by molar-refractivity contribution is 0.246. The van der Waals surface area contributed by atoms with Crippen LogP contribution in [0.2, 0.25) is 0 Å². The largest absolute Gasteiger partial charge is 0.454 e. The molecule has 1 aromatic carbocycles. The molecule has 0 heterocycles. The minimum Gasteiger partial charge on any atom is -0.454 e. The number of hydrogen-bond donors (Lipinski definition) is 0. The second-order valence-electron chi connectivity index (χ2n) is 2.35. The van der Waals surface area contributed by atoms with Gasteiger partial charge in [0.05, 0.1) is 0 Å². The standard InChI is InChI=1S/C8H4Cl5O/c9-7(10,11)8(12,13)14-6-4-2-1-3-5-6/h2-5H. The zero-order valence-electron chi connectivity index (χ0n) is 6.61. The van der Waals surface area contributed by atoms with E-state index in [0.29, 0.717) is 5.75 Å². The molecule has 0 atom stereocenters. The Morgan fingerprint density at radius 1 is 1.00 bits per heavy atom. The highest BCUT2D eigenvalue weighted by molar-refractivity contribution is 6.75. The molecule has 0 aliphatic rings. The van der Waals surface area contributed by atoms with Crippen molar-refractivity contribution in [3.63, 3.8) is 0 Å². The van der Waals surface area contributed by atoms with E-state index in [4.69, 9.17) is 62.7 Å². The Morgan fingerprint density at radius 3 is 1.93 bits per heavy atom. The summed E-state index contributed by atoms with van der Waals surface area (Å²) in [6, 6.07) is 9.22. The van der Waals surface area contributed by atoms with E-state index in [0.717, 1.165) is 0 Å². The Morgan fingerprint density at radius 2 is 1.50 bits per heavy atom. The molecule has 0 unspecified atom stereocenters. The summed E-state index contributed by atoms with van der Waals surface area (Å²) >= 11 is 27.9. The summed E-state index contributed by atoms with van der Waals surface area (Å²) in [7, 11) is 0. The molecule has 0 fully saturated rings.